The average Bonchev–Trinajstić information content (AvgIpc) is 3.67. The fraction of sp³-hybridized carbons (Fsp3) is 0.750. The number of aliphatic hydroxyl groups is 8. The van der Waals surface area contributed by atoms with Crippen molar-refractivity contribution in [2.75, 3.05) is 19.8 Å². The Kier molecular flexibility index (Phi) is 47.8. The largest absolute Gasteiger partial charge is 0.394 e. The highest BCUT2D eigenvalue weighted by Gasteiger charge is 2.51. The minimum atomic E-state index is -1.80. The van der Waals surface area contributed by atoms with Crippen LogP contribution in [0, 0.1) is 0 Å². The van der Waals surface area contributed by atoms with Gasteiger partial charge in [0.15, 0.2) is 12.6 Å². The zero-order valence-corrected chi connectivity index (χ0v) is 50.9. The molecule has 2 aliphatic heterocycles. The van der Waals surface area contributed by atoms with E-state index >= 15 is 0 Å². The first-order valence-corrected chi connectivity index (χ1v) is 32.5. The molecule has 9 N–H and O–H groups in total. The third-order valence-corrected chi connectivity index (χ3v) is 15.3. The molecule has 0 aliphatic carbocycles. The molecule has 0 saturated carbocycles. The van der Waals surface area contributed by atoms with Crippen LogP contribution in [0.3, 0.4) is 0 Å². The number of amides is 1. The number of aliphatic hydroxyl groups excluding tert-OH is 8. The van der Waals surface area contributed by atoms with E-state index in [0.717, 1.165) is 83.5 Å². The number of hydrogen-bond acceptors (Lipinski definition) is 13. The maximum absolute atomic E-state index is 13.3. The second-order valence-electron chi connectivity index (χ2n) is 22.5. The topological polar surface area (TPSA) is 228 Å². The minimum Gasteiger partial charge on any atom is -0.394 e. The number of rotatable bonds is 51. The molecule has 12 unspecified atom stereocenters. The van der Waals surface area contributed by atoms with Gasteiger partial charge in [-0.1, -0.05) is 239 Å². The molecule has 2 rings (SSSR count). The van der Waals surface area contributed by atoms with Crippen LogP contribution in [-0.2, 0) is 23.7 Å². The van der Waals surface area contributed by atoms with Gasteiger partial charge in [0.1, 0.15) is 48.8 Å². The van der Waals surface area contributed by atoms with Crippen LogP contribution in [0.5, 0.6) is 0 Å². The van der Waals surface area contributed by atoms with Crippen molar-refractivity contribution in [1.82, 2.24) is 5.32 Å². The van der Waals surface area contributed by atoms with Gasteiger partial charge in [0.2, 0.25) is 5.91 Å². The first-order valence-electron chi connectivity index (χ1n) is 32.5. The lowest BCUT2D eigenvalue weighted by atomic mass is 9.97. The molecule has 82 heavy (non-hydrogen) atoms. The highest BCUT2D eigenvalue weighted by Crippen LogP contribution is 2.30. The molecule has 14 nitrogen and oxygen atoms in total. The average molecular weight is 1160 g/mol. The number of ether oxygens (including phenoxy) is 4. The van der Waals surface area contributed by atoms with Crippen molar-refractivity contribution in [2.45, 2.75) is 306 Å². The van der Waals surface area contributed by atoms with Crippen molar-refractivity contribution >= 4 is 5.91 Å². The summed E-state index contributed by atoms with van der Waals surface area (Å²) in [7, 11) is 0. The van der Waals surface area contributed by atoms with Crippen molar-refractivity contribution in [2.24, 2.45) is 0 Å². The maximum atomic E-state index is 13.3. The van der Waals surface area contributed by atoms with E-state index in [0.29, 0.717) is 12.8 Å². The number of hydrogen-bond donors (Lipinski definition) is 9. The SMILES string of the molecule is CC/C=C\C/C=C\C/C=C\C/C=C\C/C=C\C/C=C\CCCCCCCCCCC(=O)NC(COC1OC(CO)C(OC2OC(CO)C(O)C(O)C2O)C(O)C1O)C(O)/C=C/CC/C=C/CCCCCCCCCCCCCCCCC. The Balaban J connectivity index is 1.75. The Morgan fingerprint density at radius 2 is 0.854 bits per heavy atom. The summed E-state index contributed by atoms with van der Waals surface area (Å²) in [4.78, 5) is 13.3. The van der Waals surface area contributed by atoms with Crippen LogP contribution >= 0.6 is 0 Å². The first kappa shape index (κ1) is 75.0. The van der Waals surface area contributed by atoms with Crippen LogP contribution in [0.15, 0.2) is 97.2 Å². The summed E-state index contributed by atoms with van der Waals surface area (Å²) in [5.74, 6) is -0.261. The van der Waals surface area contributed by atoms with E-state index in [1.54, 1.807) is 6.08 Å². The Morgan fingerprint density at radius 3 is 1.34 bits per heavy atom. The summed E-state index contributed by atoms with van der Waals surface area (Å²) in [5.41, 5.74) is 0. The van der Waals surface area contributed by atoms with Gasteiger partial charge in [-0.3, -0.25) is 4.79 Å². The van der Waals surface area contributed by atoms with Gasteiger partial charge in [0, 0.05) is 6.42 Å². The Morgan fingerprint density at radius 1 is 0.451 bits per heavy atom. The van der Waals surface area contributed by atoms with E-state index in [9.17, 15) is 45.6 Å². The molecule has 0 aromatic heterocycles. The second-order valence-corrected chi connectivity index (χ2v) is 22.5. The Hall–Kier alpha value is -3.09. The highest BCUT2D eigenvalue weighted by atomic mass is 16.7. The molecule has 1 amide bonds. The molecule has 0 aromatic carbocycles. The van der Waals surface area contributed by atoms with E-state index < -0.39 is 86.8 Å². The van der Waals surface area contributed by atoms with Crippen molar-refractivity contribution in [3.8, 4) is 0 Å². The highest BCUT2D eigenvalue weighted by molar-refractivity contribution is 5.76. The van der Waals surface area contributed by atoms with Gasteiger partial charge in [-0.25, -0.2) is 0 Å². The quantitative estimate of drug-likeness (QED) is 0.0204. The number of allylic oxidation sites excluding steroid dienone is 15. The monoisotopic (exact) mass is 1160 g/mol. The maximum Gasteiger partial charge on any atom is 0.220 e. The van der Waals surface area contributed by atoms with Gasteiger partial charge in [0.25, 0.3) is 0 Å². The van der Waals surface area contributed by atoms with Crippen LogP contribution in [0.4, 0.5) is 0 Å². The Bertz CT molecular complexity index is 1740. The molecular weight excluding hydrogens is 1040 g/mol. The first-order chi connectivity index (χ1) is 40.1. The number of nitrogens with one attached hydrogen (secondary N) is 1. The third kappa shape index (κ3) is 36.7. The zero-order chi connectivity index (χ0) is 59.5. The predicted molar refractivity (Wildman–Crippen MR) is 332 cm³/mol. The van der Waals surface area contributed by atoms with Crippen LogP contribution in [-0.4, -0.2) is 140 Å². The van der Waals surface area contributed by atoms with Gasteiger partial charge >= 0.3 is 0 Å². The molecule has 472 valence electrons. The van der Waals surface area contributed by atoms with Crippen LogP contribution in [0.1, 0.15) is 232 Å². The number of carbonyl (C=O) groups is 1. The van der Waals surface area contributed by atoms with Crippen LogP contribution in [0.2, 0.25) is 0 Å². The standard InChI is InChI=1S/C68H117NO13/c1-3-5-7-9-11-13-15-17-19-21-23-25-26-27-28-29-30-32-34-36-38-40-42-44-46-48-50-52-60(73)69-56(57(72)51-49-47-45-43-41-39-37-35-33-31-24-22-20-18-16-14-12-10-8-6-4-2)55-79-67-65(78)63(76)66(59(54-71)81-67)82-68-64(77)62(75)61(74)58(53-70)80-68/h5,7,11,13,17,19,23,25,27-28,30,32,41,43,49,51,56-59,61-68,70-72,74-78H,3-4,6,8-10,12,14-16,18,20-22,24,26,29,31,33-40,42,44-48,50,52-55H2,1-2H3,(H,69,73)/b7-5-,13-11-,19-17-,25-23-,28-27-,32-30-,43-41+,51-49+. The summed E-state index contributed by atoms with van der Waals surface area (Å²) in [6.45, 7) is 2.67. The smallest absolute Gasteiger partial charge is 0.220 e. The summed E-state index contributed by atoms with van der Waals surface area (Å²) in [5, 5.41) is 87.3. The third-order valence-electron chi connectivity index (χ3n) is 15.3. The Labute approximate surface area is 496 Å². The molecule has 14 heteroatoms. The van der Waals surface area contributed by atoms with Gasteiger partial charge < -0.3 is 65.1 Å². The molecule has 0 spiro atoms. The van der Waals surface area contributed by atoms with Gasteiger partial charge in [-0.15, -0.1) is 0 Å². The predicted octanol–water partition coefficient (Wildman–Crippen LogP) is 12.2. The molecule has 0 aromatic rings. The van der Waals surface area contributed by atoms with Crippen LogP contribution in [0.25, 0.3) is 0 Å². The molecule has 2 aliphatic rings. The molecule has 0 radical (unpaired) electrons. The van der Waals surface area contributed by atoms with E-state index in [1.165, 1.54) is 116 Å². The van der Waals surface area contributed by atoms with Crippen molar-refractivity contribution in [3.63, 3.8) is 0 Å². The molecule has 0 bridgehead atoms. The summed E-state index contributed by atoms with van der Waals surface area (Å²) < 4.78 is 22.8. The zero-order valence-electron chi connectivity index (χ0n) is 50.9. The van der Waals surface area contributed by atoms with E-state index in [1.807, 2.05) is 6.08 Å². The van der Waals surface area contributed by atoms with Gasteiger partial charge in [0.05, 0.1) is 32.0 Å². The minimum absolute atomic E-state index is 0.258. The number of carbonyl (C=O) groups excluding carboxylic acids is 1. The molecular formula is C68H117NO13. The van der Waals surface area contributed by atoms with Crippen molar-refractivity contribution in [3.05, 3.63) is 97.2 Å². The lowest BCUT2D eigenvalue weighted by molar-refractivity contribution is -0.359. The van der Waals surface area contributed by atoms with Gasteiger partial charge in [-0.2, -0.15) is 0 Å². The molecule has 2 saturated heterocycles. The second kappa shape index (κ2) is 52.3. The van der Waals surface area contributed by atoms with Crippen molar-refractivity contribution in [1.29, 1.82) is 0 Å². The molecule has 2 heterocycles. The van der Waals surface area contributed by atoms with E-state index in [2.05, 4.69) is 104 Å². The fourth-order valence-electron chi connectivity index (χ4n) is 10.1. The fourth-order valence-corrected chi connectivity index (χ4v) is 10.1. The normalized spacial score (nSPS) is 24.6. The summed E-state index contributed by atoms with van der Waals surface area (Å²) >= 11 is 0. The van der Waals surface area contributed by atoms with E-state index in [4.69, 9.17) is 18.9 Å². The summed E-state index contributed by atoms with van der Waals surface area (Å²) in [6, 6.07) is -0.944. The lowest BCUT2D eigenvalue weighted by Gasteiger charge is -2.46. The summed E-state index contributed by atoms with van der Waals surface area (Å²) in [6.07, 6.45) is 55.8. The van der Waals surface area contributed by atoms with E-state index in [-0.39, 0.29) is 18.9 Å². The molecule has 2 fully saturated rings. The number of unbranched alkanes of at least 4 members (excludes halogenated alkanes) is 24. The lowest BCUT2D eigenvalue weighted by Crippen LogP contribution is -2.65. The van der Waals surface area contributed by atoms with Gasteiger partial charge in [-0.05, 0) is 83.5 Å². The van der Waals surface area contributed by atoms with Crippen molar-refractivity contribution < 1.29 is 64.6 Å². The van der Waals surface area contributed by atoms with Crippen LogP contribution < -0.4 is 5.32 Å². The molecule has 12 atom stereocenters.